The van der Waals surface area contributed by atoms with Crippen LogP contribution in [0.1, 0.15) is 42.4 Å². The normalized spacial score (nSPS) is 16.9. The minimum atomic E-state index is -0.522. The van der Waals surface area contributed by atoms with E-state index in [2.05, 4.69) is 38.1 Å². The number of amides is 1. The van der Waals surface area contributed by atoms with Crippen LogP contribution < -0.4 is 5.73 Å². The molecular weight excluding hydrogens is 441 g/mol. The second kappa shape index (κ2) is 11.5. The van der Waals surface area contributed by atoms with E-state index in [0.717, 1.165) is 49.5 Å². The molecular formula is C26H35Cl2N3O. The zero-order chi connectivity index (χ0) is 23.3. The Kier molecular flexibility index (Phi) is 9.01. The number of nitrogens with two attached hydrogens (primary N) is 1. The summed E-state index contributed by atoms with van der Waals surface area (Å²) in [5, 5.41) is 1.48. The Morgan fingerprint density at radius 2 is 1.69 bits per heavy atom. The zero-order valence-corrected chi connectivity index (χ0v) is 20.9. The SMILES string of the molecule is C[C@@H](Cc1cc(Cl)ccc1C1CCN(C(=O)[C@H](N)Cc2ccc(Cl)cc2)CC1)CN(C)C. The van der Waals surface area contributed by atoms with Crippen molar-refractivity contribution in [2.45, 2.75) is 44.6 Å². The summed E-state index contributed by atoms with van der Waals surface area (Å²) >= 11 is 12.3. The molecule has 3 rings (SSSR count). The molecule has 0 spiro atoms. The number of carbonyl (C=O) groups is 1. The van der Waals surface area contributed by atoms with E-state index in [9.17, 15) is 4.79 Å². The largest absolute Gasteiger partial charge is 0.341 e. The Morgan fingerprint density at radius 1 is 1.06 bits per heavy atom. The van der Waals surface area contributed by atoms with Crippen molar-refractivity contribution in [3.05, 3.63) is 69.2 Å². The molecule has 2 aromatic carbocycles. The molecule has 1 fully saturated rings. The molecule has 32 heavy (non-hydrogen) atoms. The van der Waals surface area contributed by atoms with Crippen molar-refractivity contribution in [2.24, 2.45) is 11.7 Å². The minimum Gasteiger partial charge on any atom is -0.341 e. The fraction of sp³-hybridized carbons (Fsp3) is 0.500. The van der Waals surface area contributed by atoms with Gasteiger partial charge in [0, 0.05) is 29.7 Å². The van der Waals surface area contributed by atoms with E-state index < -0.39 is 6.04 Å². The van der Waals surface area contributed by atoms with Gasteiger partial charge in [-0.05, 0) is 92.6 Å². The van der Waals surface area contributed by atoms with Crippen LogP contribution in [0.2, 0.25) is 10.0 Å². The van der Waals surface area contributed by atoms with E-state index in [-0.39, 0.29) is 5.91 Å². The first-order valence-electron chi connectivity index (χ1n) is 11.4. The second-order valence-electron chi connectivity index (χ2n) is 9.45. The molecule has 2 aromatic rings. The third kappa shape index (κ3) is 6.95. The average molecular weight is 476 g/mol. The third-order valence-corrected chi connectivity index (χ3v) is 6.77. The molecule has 0 aliphatic carbocycles. The molecule has 0 radical (unpaired) electrons. The summed E-state index contributed by atoms with van der Waals surface area (Å²) in [5.41, 5.74) is 10.0. The van der Waals surface area contributed by atoms with Crippen LogP contribution in [0.3, 0.4) is 0 Å². The fourth-order valence-electron chi connectivity index (χ4n) is 4.82. The molecule has 174 valence electrons. The highest BCUT2D eigenvalue weighted by Crippen LogP contribution is 2.33. The lowest BCUT2D eigenvalue weighted by atomic mass is 9.84. The molecule has 0 saturated carbocycles. The molecule has 0 aromatic heterocycles. The smallest absolute Gasteiger partial charge is 0.239 e. The van der Waals surface area contributed by atoms with E-state index in [1.54, 1.807) is 0 Å². The molecule has 1 aliphatic rings. The number of hydrogen-bond acceptors (Lipinski definition) is 3. The molecule has 1 heterocycles. The monoisotopic (exact) mass is 475 g/mol. The highest BCUT2D eigenvalue weighted by Gasteiger charge is 2.28. The predicted molar refractivity (Wildman–Crippen MR) is 135 cm³/mol. The maximum atomic E-state index is 12.9. The molecule has 1 aliphatic heterocycles. The van der Waals surface area contributed by atoms with Crippen molar-refractivity contribution in [1.29, 1.82) is 0 Å². The number of rotatable bonds is 8. The molecule has 0 bridgehead atoms. The van der Waals surface area contributed by atoms with Gasteiger partial charge in [-0.2, -0.15) is 0 Å². The number of likely N-dealkylation sites (tertiary alicyclic amines) is 1. The molecule has 1 saturated heterocycles. The molecule has 4 nitrogen and oxygen atoms in total. The maximum Gasteiger partial charge on any atom is 0.239 e. The standard InChI is InChI=1S/C26H35Cl2N3O/c1-18(17-30(2)3)14-21-16-23(28)8-9-24(21)20-10-12-31(13-11-20)26(32)25(29)15-19-4-6-22(27)7-5-19/h4-9,16,18,20,25H,10-15,17,29H2,1-3H3/t18-,25+/m0/s1. The van der Waals surface area contributed by atoms with E-state index in [0.29, 0.717) is 23.3 Å². The van der Waals surface area contributed by atoms with Gasteiger partial charge in [-0.1, -0.05) is 48.3 Å². The number of carbonyl (C=O) groups excluding carboxylic acids is 1. The summed E-state index contributed by atoms with van der Waals surface area (Å²) in [4.78, 5) is 17.1. The lowest BCUT2D eigenvalue weighted by molar-refractivity contribution is -0.133. The van der Waals surface area contributed by atoms with Gasteiger partial charge in [0.1, 0.15) is 0 Å². The maximum absolute atomic E-state index is 12.9. The zero-order valence-electron chi connectivity index (χ0n) is 19.4. The summed E-state index contributed by atoms with van der Waals surface area (Å²) in [7, 11) is 4.22. The van der Waals surface area contributed by atoms with Crippen LogP contribution in [0.15, 0.2) is 42.5 Å². The number of benzene rings is 2. The van der Waals surface area contributed by atoms with E-state index in [1.165, 1.54) is 11.1 Å². The number of piperidine rings is 1. The van der Waals surface area contributed by atoms with Crippen LogP contribution in [0.5, 0.6) is 0 Å². The number of nitrogens with zero attached hydrogens (tertiary/aromatic N) is 2. The van der Waals surface area contributed by atoms with Crippen LogP contribution in [-0.4, -0.2) is 55.5 Å². The Balaban J connectivity index is 1.60. The Labute approximate surface area is 202 Å². The lowest BCUT2D eigenvalue weighted by Gasteiger charge is -2.34. The van der Waals surface area contributed by atoms with Gasteiger partial charge in [0.2, 0.25) is 5.91 Å². The van der Waals surface area contributed by atoms with Gasteiger partial charge in [0.15, 0.2) is 0 Å². The van der Waals surface area contributed by atoms with Crippen molar-refractivity contribution < 1.29 is 4.79 Å². The van der Waals surface area contributed by atoms with E-state index in [1.807, 2.05) is 35.2 Å². The first kappa shape index (κ1) is 25.0. The van der Waals surface area contributed by atoms with Crippen LogP contribution >= 0.6 is 23.2 Å². The van der Waals surface area contributed by atoms with Gasteiger partial charge in [-0.3, -0.25) is 4.79 Å². The fourth-order valence-corrected chi connectivity index (χ4v) is 5.14. The van der Waals surface area contributed by atoms with Crippen molar-refractivity contribution >= 4 is 29.1 Å². The molecule has 2 N–H and O–H groups in total. The van der Waals surface area contributed by atoms with Crippen LogP contribution in [0.4, 0.5) is 0 Å². The highest BCUT2D eigenvalue weighted by molar-refractivity contribution is 6.30. The van der Waals surface area contributed by atoms with Crippen molar-refractivity contribution in [2.75, 3.05) is 33.7 Å². The van der Waals surface area contributed by atoms with Gasteiger partial charge in [-0.25, -0.2) is 0 Å². The summed E-state index contributed by atoms with van der Waals surface area (Å²) in [5.74, 6) is 1.04. The van der Waals surface area contributed by atoms with Crippen LogP contribution in [0, 0.1) is 5.92 Å². The van der Waals surface area contributed by atoms with Gasteiger partial charge >= 0.3 is 0 Å². The number of hydrogen-bond donors (Lipinski definition) is 1. The minimum absolute atomic E-state index is 0.0364. The highest BCUT2D eigenvalue weighted by atomic mass is 35.5. The number of halogens is 2. The average Bonchev–Trinajstić information content (AvgIpc) is 2.74. The Hall–Kier alpha value is -1.59. The summed E-state index contributed by atoms with van der Waals surface area (Å²) in [6.07, 6.45) is 3.45. The first-order chi connectivity index (χ1) is 15.2. The predicted octanol–water partition coefficient (Wildman–Crippen LogP) is 5.01. The van der Waals surface area contributed by atoms with E-state index >= 15 is 0 Å². The summed E-state index contributed by atoms with van der Waals surface area (Å²) in [6, 6.07) is 13.3. The van der Waals surface area contributed by atoms with Crippen LogP contribution in [0.25, 0.3) is 0 Å². The van der Waals surface area contributed by atoms with Crippen molar-refractivity contribution in [1.82, 2.24) is 9.80 Å². The van der Waals surface area contributed by atoms with Gasteiger partial charge in [-0.15, -0.1) is 0 Å². The molecule has 2 atom stereocenters. The Bertz CT molecular complexity index is 892. The third-order valence-electron chi connectivity index (χ3n) is 6.28. The lowest BCUT2D eigenvalue weighted by Crippen LogP contribution is -2.47. The van der Waals surface area contributed by atoms with Crippen molar-refractivity contribution in [3.8, 4) is 0 Å². The van der Waals surface area contributed by atoms with E-state index in [4.69, 9.17) is 28.9 Å². The second-order valence-corrected chi connectivity index (χ2v) is 10.3. The summed E-state index contributed by atoms with van der Waals surface area (Å²) in [6.45, 7) is 4.82. The first-order valence-corrected chi connectivity index (χ1v) is 12.2. The molecule has 1 amide bonds. The molecule has 6 heteroatoms. The van der Waals surface area contributed by atoms with Gasteiger partial charge in [0.05, 0.1) is 6.04 Å². The Morgan fingerprint density at radius 3 is 2.31 bits per heavy atom. The van der Waals surface area contributed by atoms with Crippen LogP contribution in [-0.2, 0) is 17.6 Å². The molecule has 0 unspecified atom stereocenters. The summed E-state index contributed by atoms with van der Waals surface area (Å²) < 4.78 is 0. The quantitative estimate of drug-likeness (QED) is 0.583. The topological polar surface area (TPSA) is 49.6 Å². The van der Waals surface area contributed by atoms with Gasteiger partial charge < -0.3 is 15.5 Å². The van der Waals surface area contributed by atoms with Gasteiger partial charge in [0.25, 0.3) is 0 Å². The van der Waals surface area contributed by atoms with Crippen molar-refractivity contribution in [3.63, 3.8) is 0 Å².